The highest BCUT2D eigenvalue weighted by Crippen LogP contribution is 2.35. The Morgan fingerprint density at radius 1 is 1.79 bits per heavy atom. The second-order valence-corrected chi connectivity index (χ2v) is 4.49. The second kappa shape index (κ2) is 3.53. The molecule has 0 aromatic carbocycles. The Morgan fingerprint density at radius 3 is 3.07 bits per heavy atom. The van der Waals surface area contributed by atoms with Crippen LogP contribution in [0, 0.1) is 0 Å². The van der Waals surface area contributed by atoms with Crippen LogP contribution in [0.3, 0.4) is 0 Å². The maximum absolute atomic E-state index is 9.11. The Morgan fingerprint density at radius 2 is 2.57 bits per heavy atom. The topological polar surface area (TPSA) is 64.1 Å². The van der Waals surface area contributed by atoms with Gasteiger partial charge in [0.05, 0.1) is 23.9 Å². The standard InChI is InChI=1S/C9H14ClN3O/c10-7-4-12-13(5-7)8-1-2-9(11,3-8)6-14/h4-5,8,14H,1-3,6,11H2. The lowest BCUT2D eigenvalue weighted by Gasteiger charge is -2.20. The van der Waals surface area contributed by atoms with E-state index in [1.54, 1.807) is 12.4 Å². The highest BCUT2D eigenvalue weighted by atomic mass is 35.5. The van der Waals surface area contributed by atoms with Gasteiger partial charge in [0.2, 0.25) is 0 Å². The Labute approximate surface area is 87.7 Å². The molecule has 0 spiro atoms. The minimum absolute atomic E-state index is 0.0402. The summed E-state index contributed by atoms with van der Waals surface area (Å²) < 4.78 is 1.84. The molecular formula is C9H14ClN3O. The third-order valence-electron chi connectivity index (χ3n) is 2.88. The van der Waals surface area contributed by atoms with Crippen molar-refractivity contribution in [1.29, 1.82) is 0 Å². The molecule has 1 aliphatic carbocycles. The molecule has 1 aromatic rings. The average molecular weight is 216 g/mol. The van der Waals surface area contributed by atoms with Crippen LogP contribution in [0.5, 0.6) is 0 Å². The summed E-state index contributed by atoms with van der Waals surface area (Å²) in [5.74, 6) is 0. The van der Waals surface area contributed by atoms with E-state index in [4.69, 9.17) is 22.4 Å². The van der Waals surface area contributed by atoms with Gasteiger partial charge < -0.3 is 10.8 Å². The summed E-state index contributed by atoms with van der Waals surface area (Å²) in [6.45, 7) is 0.0402. The summed E-state index contributed by atoms with van der Waals surface area (Å²) >= 11 is 5.78. The van der Waals surface area contributed by atoms with Crippen molar-refractivity contribution < 1.29 is 5.11 Å². The number of halogens is 1. The van der Waals surface area contributed by atoms with Gasteiger partial charge >= 0.3 is 0 Å². The van der Waals surface area contributed by atoms with Gasteiger partial charge in [0, 0.05) is 11.7 Å². The molecule has 0 saturated heterocycles. The van der Waals surface area contributed by atoms with E-state index in [1.807, 2.05) is 4.68 Å². The van der Waals surface area contributed by atoms with Gasteiger partial charge in [-0.05, 0) is 19.3 Å². The molecule has 1 saturated carbocycles. The van der Waals surface area contributed by atoms with Gasteiger partial charge in [-0.3, -0.25) is 4.68 Å². The highest BCUT2D eigenvalue weighted by molar-refractivity contribution is 6.30. The van der Waals surface area contributed by atoms with E-state index >= 15 is 0 Å². The number of nitrogens with zero attached hydrogens (tertiary/aromatic N) is 2. The van der Waals surface area contributed by atoms with Crippen molar-refractivity contribution in [1.82, 2.24) is 9.78 Å². The Balaban J connectivity index is 2.09. The van der Waals surface area contributed by atoms with Crippen molar-refractivity contribution in [2.75, 3.05) is 6.61 Å². The summed E-state index contributed by atoms with van der Waals surface area (Å²) in [4.78, 5) is 0. The molecule has 1 aromatic heterocycles. The molecule has 2 unspecified atom stereocenters. The third-order valence-corrected chi connectivity index (χ3v) is 3.07. The Bertz CT molecular complexity index is 328. The molecule has 14 heavy (non-hydrogen) atoms. The first kappa shape index (κ1) is 9.96. The lowest BCUT2D eigenvalue weighted by Crippen LogP contribution is -2.40. The number of aliphatic hydroxyl groups excluding tert-OH is 1. The average Bonchev–Trinajstić information content (AvgIpc) is 2.73. The molecule has 78 valence electrons. The van der Waals surface area contributed by atoms with Crippen LogP contribution in [0.4, 0.5) is 0 Å². The van der Waals surface area contributed by atoms with Crippen LogP contribution >= 0.6 is 11.6 Å². The van der Waals surface area contributed by atoms with Gasteiger partial charge in [0.1, 0.15) is 0 Å². The highest BCUT2D eigenvalue weighted by Gasteiger charge is 2.36. The van der Waals surface area contributed by atoms with E-state index in [9.17, 15) is 0 Å². The van der Waals surface area contributed by atoms with Crippen molar-refractivity contribution in [3.8, 4) is 0 Å². The van der Waals surface area contributed by atoms with Crippen molar-refractivity contribution in [2.45, 2.75) is 30.8 Å². The third kappa shape index (κ3) is 1.78. The molecular weight excluding hydrogens is 202 g/mol. The number of aliphatic hydroxyl groups is 1. The fraction of sp³-hybridized carbons (Fsp3) is 0.667. The zero-order chi connectivity index (χ0) is 10.2. The first-order chi connectivity index (χ1) is 6.63. The predicted molar refractivity (Wildman–Crippen MR) is 54.1 cm³/mol. The number of aromatic nitrogens is 2. The molecule has 2 rings (SSSR count). The van der Waals surface area contributed by atoms with Crippen LogP contribution in [-0.4, -0.2) is 27.0 Å². The van der Waals surface area contributed by atoms with Crippen molar-refractivity contribution >= 4 is 11.6 Å². The molecule has 1 heterocycles. The van der Waals surface area contributed by atoms with Crippen LogP contribution < -0.4 is 5.73 Å². The first-order valence-corrected chi connectivity index (χ1v) is 5.10. The predicted octanol–water partition coefficient (Wildman–Crippen LogP) is 0.951. The van der Waals surface area contributed by atoms with Crippen LogP contribution in [0.1, 0.15) is 25.3 Å². The van der Waals surface area contributed by atoms with Crippen molar-refractivity contribution in [2.24, 2.45) is 5.73 Å². The molecule has 5 heteroatoms. The van der Waals surface area contributed by atoms with E-state index in [2.05, 4.69) is 5.10 Å². The van der Waals surface area contributed by atoms with E-state index in [0.29, 0.717) is 5.02 Å². The zero-order valence-corrected chi connectivity index (χ0v) is 8.61. The summed E-state index contributed by atoms with van der Waals surface area (Å²) in [5.41, 5.74) is 5.54. The maximum atomic E-state index is 9.11. The minimum Gasteiger partial charge on any atom is -0.394 e. The smallest absolute Gasteiger partial charge is 0.0785 e. The summed E-state index contributed by atoms with van der Waals surface area (Å²) in [6, 6.07) is 0.277. The number of rotatable bonds is 2. The summed E-state index contributed by atoms with van der Waals surface area (Å²) in [6.07, 6.45) is 5.98. The molecule has 0 radical (unpaired) electrons. The minimum atomic E-state index is -0.427. The molecule has 1 aliphatic rings. The molecule has 2 atom stereocenters. The summed E-state index contributed by atoms with van der Waals surface area (Å²) in [5, 5.41) is 13.9. The largest absolute Gasteiger partial charge is 0.394 e. The zero-order valence-electron chi connectivity index (χ0n) is 7.86. The fourth-order valence-electron chi connectivity index (χ4n) is 2.01. The van der Waals surface area contributed by atoms with Gasteiger partial charge in [-0.1, -0.05) is 11.6 Å². The first-order valence-electron chi connectivity index (χ1n) is 4.72. The van der Waals surface area contributed by atoms with Crippen LogP contribution in [0.2, 0.25) is 5.02 Å². The van der Waals surface area contributed by atoms with E-state index in [1.165, 1.54) is 0 Å². The van der Waals surface area contributed by atoms with Crippen LogP contribution in [0.15, 0.2) is 12.4 Å². The van der Waals surface area contributed by atoms with E-state index in [0.717, 1.165) is 19.3 Å². The van der Waals surface area contributed by atoms with Gasteiger partial charge in [-0.2, -0.15) is 5.10 Å². The Kier molecular flexibility index (Phi) is 2.51. The van der Waals surface area contributed by atoms with E-state index < -0.39 is 5.54 Å². The van der Waals surface area contributed by atoms with E-state index in [-0.39, 0.29) is 12.6 Å². The molecule has 1 fully saturated rings. The number of hydrogen-bond donors (Lipinski definition) is 2. The van der Waals surface area contributed by atoms with Gasteiger partial charge in [0.15, 0.2) is 0 Å². The van der Waals surface area contributed by atoms with Crippen LogP contribution in [0.25, 0.3) is 0 Å². The van der Waals surface area contributed by atoms with Crippen molar-refractivity contribution in [3.63, 3.8) is 0 Å². The van der Waals surface area contributed by atoms with Gasteiger partial charge in [-0.25, -0.2) is 0 Å². The number of hydrogen-bond acceptors (Lipinski definition) is 3. The lowest BCUT2D eigenvalue weighted by molar-refractivity contribution is 0.195. The normalized spacial score (nSPS) is 32.4. The maximum Gasteiger partial charge on any atom is 0.0785 e. The monoisotopic (exact) mass is 215 g/mol. The van der Waals surface area contributed by atoms with Crippen LogP contribution in [-0.2, 0) is 0 Å². The fourth-order valence-corrected chi connectivity index (χ4v) is 2.16. The molecule has 0 amide bonds. The van der Waals surface area contributed by atoms with Gasteiger partial charge in [0.25, 0.3) is 0 Å². The SMILES string of the molecule is NC1(CO)CCC(n2cc(Cl)cn2)C1. The molecule has 0 aliphatic heterocycles. The quantitative estimate of drug-likeness (QED) is 0.772. The second-order valence-electron chi connectivity index (χ2n) is 4.06. The molecule has 3 N–H and O–H groups in total. The molecule has 4 nitrogen and oxygen atoms in total. The Hall–Kier alpha value is -0.580. The molecule has 0 bridgehead atoms. The summed E-state index contributed by atoms with van der Waals surface area (Å²) in [7, 11) is 0. The van der Waals surface area contributed by atoms with Crippen molar-refractivity contribution in [3.05, 3.63) is 17.4 Å². The number of nitrogens with two attached hydrogens (primary N) is 1. The van der Waals surface area contributed by atoms with Gasteiger partial charge in [-0.15, -0.1) is 0 Å². The lowest BCUT2D eigenvalue weighted by atomic mass is 10.0.